The van der Waals surface area contributed by atoms with Gasteiger partial charge in [-0.15, -0.1) is 0 Å². The van der Waals surface area contributed by atoms with Crippen LogP contribution in [0.2, 0.25) is 0 Å². The number of rotatable bonds is 5. The predicted octanol–water partition coefficient (Wildman–Crippen LogP) is 1.96. The first kappa shape index (κ1) is 18.8. The lowest BCUT2D eigenvalue weighted by Gasteiger charge is -2.26. The summed E-state index contributed by atoms with van der Waals surface area (Å²) >= 11 is 0. The molecular weight excluding hydrogens is 371 g/mol. The van der Waals surface area contributed by atoms with Gasteiger partial charge in [0.15, 0.2) is 6.61 Å². The molecule has 4 amide bonds. The number of nitrogens with one attached hydrogen (secondary N) is 1. The van der Waals surface area contributed by atoms with Crippen LogP contribution in [0.25, 0.3) is 6.08 Å². The molecule has 8 nitrogen and oxygen atoms in total. The maximum atomic E-state index is 13.1. The van der Waals surface area contributed by atoms with Gasteiger partial charge >= 0.3 is 12.0 Å². The molecule has 142 valence electrons. The maximum Gasteiger partial charge on any atom is 0.341 e. The molecule has 0 aliphatic carbocycles. The number of amides is 4. The highest BCUT2D eigenvalue weighted by atomic mass is 19.1. The fourth-order valence-electron chi connectivity index (χ4n) is 2.45. The minimum atomic E-state index is -1.12. The summed E-state index contributed by atoms with van der Waals surface area (Å²) in [5.41, 5.74) is 0.275. The number of anilines is 1. The number of carbonyl (C=O) groups excluding carboxylic acids is 3. The number of halogens is 1. The van der Waals surface area contributed by atoms with E-state index in [-0.39, 0.29) is 11.3 Å². The van der Waals surface area contributed by atoms with Gasteiger partial charge in [0, 0.05) is 0 Å². The lowest BCUT2D eigenvalue weighted by molar-refractivity contribution is -0.139. The standard InChI is InChI=1S/C19H13FN2O6/c20-12-3-5-13(6-4-12)22-18(26)15(17(25)21-19(22)27)9-11-1-7-14(8-2-11)28-10-16(23)24/h1-9H,10H2,(H,23,24)(H,21,25,27)/b15-9+. The van der Waals surface area contributed by atoms with Crippen molar-refractivity contribution in [2.45, 2.75) is 0 Å². The fourth-order valence-corrected chi connectivity index (χ4v) is 2.45. The Morgan fingerprint density at radius 2 is 1.71 bits per heavy atom. The molecule has 1 heterocycles. The van der Waals surface area contributed by atoms with E-state index in [2.05, 4.69) is 5.32 Å². The Morgan fingerprint density at radius 3 is 2.32 bits per heavy atom. The van der Waals surface area contributed by atoms with Gasteiger partial charge in [-0.25, -0.2) is 18.9 Å². The summed E-state index contributed by atoms with van der Waals surface area (Å²) in [5, 5.41) is 10.7. The van der Waals surface area contributed by atoms with Gasteiger partial charge in [-0.2, -0.15) is 0 Å². The van der Waals surface area contributed by atoms with E-state index < -0.39 is 36.2 Å². The largest absolute Gasteiger partial charge is 0.482 e. The number of carbonyl (C=O) groups is 4. The van der Waals surface area contributed by atoms with Gasteiger partial charge < -0.3 is 9.84 Å². The number of carboxylic acids is 1. The normalized spacial score (nSPS) is 15.5. The molecule has 2 aromatic rings. The van der Waals surface area contributed by atoms with Crippen LogP contribution in [0.4, 0.5) is 14.9 Å². The number of hydrogen-bond acceptors (Lipinski definition) is 5. The van der Waals surface area contributed by atoms with Crippen molar-refractivity contribution in [2.24, 2.45) is 0 Å². The van der Waals surface area contributed by atoms with Crippen molar-refractivity contribution >= 4 is 35.6 Å². The Balaban J connectivity index is 1.86. The Hall–Kier alpha value is -4.01. The third kappa shape index (κ3) is 4.04. The number of nitrogens with zero attached hydrogens (tertiary/aromatic N) is 1. The van der Waals surface area contributed by atoms with Gasteiger partial charge in [-0.05, 0) is 48.0 Å². The Morgan fingerprint density at radius 1 is 1.07 bits per heavy atom. The second-order valence-electron chi connectivity index (χ2n) is 5.69. The molecule has 9 heteroatoms. The van der Waals surface area contributed by atoms with E-state index in [1.54, 1.807) is 0 Å². The Kier molecular flexibility index (Phi) is 5.16. The van der Waals surface area contributed by atoms with Crippen molar-refractivity contribution in [3.8, 4) is 5.75 Å². The highest BCUT2D eigenvalue weighted by molar-refractivity contribution is 6.39. The number of aliphatic carboxylic acids is 1. The zero-order valence-corrected chi connectivity index (χ0v) is 14.2. The summed E-state index contributed by atoms with van der Waals surface area (Å²) in [5.74, 6) is -3.08. The summed E-state index contributed by atoms with van der Waals surface area (Å²) in [7, 11) is 0. The Bertz CT molecular complexity index is 982. The van der Waals surface area contributed by atoms with Crippen LogP contribution in [-0.4, -0.2) is 35.5 Å². The molecule has 3 rings (SSSR count). The minimum Gasteiger partial charge on any atom is -0.482 e. The van der Waals surface area contributed by atoms with Crippen molar-refractivity contribution in [3.05, 3.63) is 65.5 Å². The molecule has 1 aliphatic heterocycles. The third-order valence-corrected chi connectivity index (χ3v) is 3.74. The molecule has 0 atom stereocenters. The molecule has 2 N–H and O–H groups in total. The SMILES string of the molecule is O=C(O)COc1ccc(/C=C2\C(=O)NC(=O)N(c3ccc(F)cc3)C2=O)cc1. The summed E-state index contributed by atoms with van der Waals surface area (Å²) in [6, 6.07) is 9.72. The van der Waals surface area contributed by atoms with Gasteiger partial charge in [-0.3, -0.25) is 14.9 Å². The van der Waals surface area contributed by atoms with Crippen LogP contribution < -0.4 is 15.0 Å². The van der Waals surface area contributed by atoms with E-state index in [0.29, 0.717) is 11.3 Å². The molecule has 0 bridgehead atoms. The van der Waals surface area contributed by atoms with E-state index >= 15 is 0 Å². The zero-order chi connectivity index (χ0) is 20.3. The van der Waals surface area contributed by atoms with Crippen LogP contribution in [0, 0.1) is 5.82 Å². The fraction of sp³-hybridized carbons (Fsp3) is 0.0526. The van der Waals surface area contributed by atoms with Crippen LogP contribution >= 0.6 is 0 Å². The lowest BCUT2D eigenvalue weighted by atomic mass is 10.1. The van der Waals surface area contributed by atoms with Crippen molar-refractivity contribution < 1.29 is 33.4 Å². The molecule has 28 heavy (non-hydrogen) atoms. The van der Waals surface area contributed by atoms with Gasteiger partial charge in [0.05, 0.1) is 5.69 Å². The van der Waals surface area contributed by atoms with E-state index in [1.165, 1.54) is 42.5 Å². The van der Waals surface area contributed by atoms with Crippen LogP contribution in [0.1, 0.15) is 5.56 Å². The molecule has 2 aromatic carbocycles. The molecular formula is C19H13FN2O6. The van der Waals surface area contributed by atoms with Gasteiger partial charge in [-0.1, -0.05) is 12.1 Å². The van der Waals surface area contributed by atoms with Crippen molar-refractivity contribution in [1.29, 1.82) is 0 Å². The van der Waals surface area contributed by atoms with Crippen LogP contribution in [0.15, 0.2) is 54.1 Å². The Labute approximate surface area is 157 Å². The summed E-state index contributed by atoms with van der Waals surface area (Å²) in [6.45, 7) is -0.504. The average Bonchev–Trinajstić information content (AvgIpc) is 2.66. The highest BCUT2D eigenvalue weighted by Gasteiger charge is 2.36. The van der Waals surface area contributed by atoms with Crippen molar-refractivity contribution in [3.63, 3.8) is 0 Å². The number of barbiturate groups is 1. The number of urea groups is 1. The van der Waals surface area contributed by atoms with Crippen LogP contribution in [-0.2, 0) is 14.4 Å². The van der Waals surface area contributed by atoms with Gasteiger partial charge in [0.2, 0.25) is 0 Å². The first-order valence-corrected chi connectivity index (χ1v) is 7.97. The van der Waals surface area contributed by atoms with E-state index in [4.69, 9.17) is 9.84 Å². The molecule has 0 unspecified atom stereocenters. The number of hydrogen-bond donors (Lipinski definition) is 2. The number of imide groups is 2. The topological polar surface area (TPSA) is 113 Å². The summed E-state index contributed by atoms with van der Waals surface area (Å²) in [4.78, 5) is 48.1. The third-order valence-electron chi connectivity index (χ3n) is 3.74. The second kappa shape index (κ2) is 7.70. The molecule has 1 aliphatic rings. The van der Waals surface area contributed by atoms with Crippen LogP contribution in [0.3, 0.4) is 0 Å². The number of ether oxygens (including phenoxy) is 1. The number of benzene rings is 2. The van der Waals surface area contributed by atoms with Gasteiger partial charge in [0.1, 0.15) is 17.1 Å². The lowest BCUT2D eigenvalue weighted by Crippen LogP contribution is -2.54. The first-order valence-electron chi connectivity index (χ1n) is 7.97. The maximum absolute atomic E-state index is 13.1. The van der Waals surface area contributed by atoms with E-state index in [9.17, 15) is 23.6 Å². The predicted molar refractivity (Wildman–Crippen MR) is 95.0 cm³/mol. The minimum absolute atomic E-state index is 0.111. The molecule has 0 saturated carbocycles. The smallest absolute Gasteiger partial charge is 0.341 e. The molecule has 0 radical (unpaired) electrons. The monoisotopic (exact) mass is 384 g/mol. The van der Waals surface area contributed by atoms with E-state index in [1.807, 2.05) is 0 Å². The first-order chi connectivity index (χ1) is 13.3. The summed E-state index contributed by atoms with van der Waals surface area (Å²) in [6.07, 6.45) is 1.28. The van der Waals surface area contributed by atoms with Crippen molar-refractivity contribution in [2.75, 3.05) is 11.5 Å². The molecule has 1 fully saturated rings. The van der Waals surface area contributed by atoms with Crippen molar-refractivity contribution in [1.82, 2.24) is 5.32 Å². The average molecular weight is 384 g/mol. The second-order valence-corrected chi connectivity index (χ2v) is 5.69. The summed E-state index contributed by atoms with van der Waals surface area (Å²) < 4.78 is 18.1. The molecule has 1 saturated heterocycles. The molecule has 0 aromatic heterocycles. The van der Waals surface area contributed by atoms with Crippen LogP contribution in [0.5, 0.6) is 5.75 Å². The van der Waals surface area contributed by atoms with E-state index in [0.717, 1.165) is 17.0 Å². The van der Waals surface area contributed by atoms with Gasteiger partial charge in [0.25, 0.3) is 11.8 Å². The highest BCUT2D eigenvalue weighted by Crippen LogP contribution is 2.22. The quantitative estimate of drug-likeness (QED) is 0.602. The number of carboxylic acid groups (broad SMARTS) is 1. The zero-order valence-electron chi connectivity index (χ0n) is 14.2. The molecule has 0 spiro atoms.